The molecule has 0 heterocycles. The summed E-state index contributed by atoms with van der Waals surface area (Å²) in [7, 11) is 1.20. The molecule has 2 aromatic carbocycles. The average molecular weight is 228 g/mol. The Labute approximate surface area is 99.0 Å². The molecule has 0 saturated heterocycles. The molecule has 0 aliphatic heterocycles. The van der Waals surface area contributed by atoms with Crippen molar-refractivity contribution in [1.82, 2.24) is 0 Å². The van der Waals surface area contributed by atoms with Gasteiger partial charge in [0.25, 0.3) is 5.78 Å². The summed E-state index contributed by atoms with van der Waals surface area (Å²) < 4.78 is 4.46. The topological polar surface area (TPSA) is 43.4 Å². The Morgan fingerprint density at radius 3 is 2.29 bits per heavy atom. The summed E-state index contributed by atoms with van der Waals surface area (Å²) in [5, 5.41) is 1.75. The maximum atomic E-state index is 11.8. The summed E-state index contributed by atoms with van der Waals surface area (Å²) in [6.07, 6.45) is 0. The number of ketones is 1. The van der Waals surface area contributed by atoms with Gasteiger partial charge in [-0.15, -0.1) is 0 Å². The first-order valence-electron chi connectivity index (χ1n) is 5.26. The van der Waals surface area contributed by atoms with Crippen molar-refractivity contribution in [3.8, 4) is 0 Å². The largest absolute Gasteiger partial charge is 0.463 e. The lowest BCUT2D eigenvalue weighted by Crippen LogP contribution is -2.16. The average Bonchev–Trinajstić information content (AvgIpc) is 2.38. The summed E-state index contributed by atoms with van der Waals surface area (Å²) in [6.45, 7) is 1.97. The quantitative estimate of drug-likeness (QED) is 0.450. The van der Waals surface area contributed by atoms with Crippen LogP contribution >= 0.6 is 0 Å². The van der Waals surface area contributed by atoms with Gasteiger partial charge in [-0.3, -0.25) is 4.79 Å². The standard InChI is InChI=1S/C14H12O3/c1-9-7-8-12(13(15)14(16)17-2)11-6-4-3-5-10(9)11/h3-8H,1-2H3. The van der Waals surface area contributed by atoms with Crippen LogP contribution in [0.3, 0.4) is 0 Å². The Morgan fingerprint density at radius 1 is 1.00 bits per heavy atom. The van der Waals surface area contributed by atoms with Crippen LogP contribution in [0.2, 0.25) is 0 Å². The molecule has 0 radical (unpaired) electrons. The van der Waals surface area contributed by atoms with Crippen LogP contribution in [0, 0.1) is 6.92 Å². The zero-order valence-corrected chi connectivity index (χ0v) is 9.69. The number of carbonyl (C=O) groups excluding carboxylic acids is 2. The highest BCUT2D eigenvalue weighted by Crippen LogP contribution is 2.22. The number of methoxy groups -OCH3 is 1. The summed E-state index contributed by atoms with van der Waals surface area (Å²) in [6, 6.07) is 11.0. The number of hydrogen-bond acceptors (Lipinski definition) is 3. The lowest BCUT2D eigenvalue weighted by atomic mass is 9.98. The van der Waals surface area contributed by atoms with Gasteiger partial charge in [-0.05, 0) is 29.3 Å². The molecule has 3 heteroatoms. The fourth-order valence-electron chi connectivity index (χ4n) is 1.85. The molecule has 0 spiro atoms. The molecule has 0 N–H and O–H groups in total. The fourth-order valence-corrected chi connectivity index (χ4v) is 1.85. The van der Waals surface area contributed by atoms with Crippen molar-refractivity contribution in [2.75, 3.05) is 7.11 Å². The molecule has 86 valence electrons. The van der Waals surface area contributed by atoms with E-state index in [1.165, 1.54) is 7.11 Å². The van der Waals surface area contributed by atoms with Crippen LogP contribution in [0.1, 0.15) is 15.9 Å². The summed E-state index contributed by atoms with van der Waals surface area (Å²) >= 11 is 0. The predicted molar refractivity (Wildman–Crippen MR) is 65.0 cm³/mol. The van der Waals surface area contributed by atoms with Gasteiger partial charge in [-0.1, -0.05) is 30.3 Å². The Balaban J connectivity index is 2.67. The molecule has 0 aromatic heterocycles. The van der Waals surface area contributed by atoms with E-state index in [0.29, 0.717) is 5.56 Å². The lowest BCUT2D eigenvalue weighted by molar-refractivity contribution is -0.135. The Morgan fingerprint density at radius 2 is 1.65 bits per heavy atom. The zero-order chi connectivity index (χ0) is 12.4. The number of fused-ring (bicyclic) bond motifs is 1. The molecule has 0 amide bonds. The van der Waals surface area contributed by atoms with Crippen LogP contribution in [0.5, 0.6) is 0 Å². The van der Waals surface area contributed by atoms with E-state index < -0.39 is 11.8 Å². The maximum absolute atomic E-state index is 11.8. The van der Waals surface area contributed by atoms with Gasteiger partial charge in [-0.25, -0.2) is 4.79 Å². The second kappa shape index (κ2) is 4.37. The van der Waals surface area contributed by atoms with Crippen LogP contribution in [-0.2, 0) is 9.53 Å². The summed E-state index contributed by atoms with van der Waals surface area (Å²) in [5.41, 5.74) is 1.46. The van der Waals surface area contributed by atoms with E-state index in [1.54, 1.807) is 6.07 Å². The highest BCUT2D eigenvalue weighted by molar-refractivity contribution is 6.42. The van der Waals surface area contributed by atoms with E-state index in [1.807, 2.05) is 37.3 Å². The Kier molecular flexibility index (Phi) is 2.91. The molecule has 0 atom stereocenters. The van der Waals surface area contributed by atoms with Crippen molar-refractivity contribution in [1.29, 1.82) is 0 Å². The van der Waals surface area contributed by atoms with E-state index in [2.05, 4.69) is 4.74 Å². The first kappa shape index (κ1) is 11.3. The van der Waals surface area contributed by atoms with Crippen LogP contribution < -0.4 is 0 Å². The molecule has 17 heavy (non-hydrogen) atoms. The van der Waals surface area contributed by atoms with Crippen LogP contribution in [0.4, 0.5) is 0 Å². The van der Waals surface area contributed by atoms with Gasteiger partial charge < -0.3 is 4.74 Å². The number of benzene rings is 2. The van der Waals surface area contributed by atoms with Gasteiger partial charge in [0.1, 0.15) is 0 Å². The van der Waals surface area contributed by atoms with Crippen molar-refractivity contribution in [2.24, 2.45) is 0 Å². The third-order valence-electron chi connectivity index (χ3n) is 2.76. The minimum atomic E-state index is -0.834. The smallest absolute Gasteiger partial charge is 0.379 e. The third-order valence-corrected chi connectivity index (χ3v) is 2.76. The molecular weight excluding hydrogens is 216 g/mol. The van der Waals surface area contributed by atoms with Crippen LogP contribution in [-0.4, -0.2) is 18.9 Å². The highest BCUT2D eigenvalue weighted by atomic mass is 16.5. The zero-order valence-electron chi connectivity index (χ0n) is 9.69. The van der Waals surface area contributed by atoms with Gasteiger partial charge >= 0.3 is 5.97 Å². The van der Waals surface area contributed by atoms with Crippen molar-refractivity contribution >= 4 is 22.5 Å². The number of hydrogen-bond donors (Lipinski definition) is 0. The molecule has 0 bridgehead atoms. The number of carbonyl (C=O) groups is 2. The fraction of sp³-hybridized carbons (Fsp3) is 0.143. The number of esters is 1. The number of ether oxygens (including phenoxy) is 1. The second-order valence-electron chi connectivity index (χ2n) is 3.80. The van der Waals surface area contributed by atoms with Gasteiger partial charge in [0.2, 0.25) is 0 Å². The van der Waals surface area contributed by atoms with Gasteiger partial charge in [0.05, 0.1) is 7.11 Å². The van der Waals surface area contributed by atoms with E-state index >= 15 is 0 Å². The van der Waals surface area contributed by atoms with Crippen molar-refractivity contribution < 1.29 is 14.3 Å². The molecule has 0 aliphatic carbocycles. The maximum Gasteiger partial charge on any atom is 0.379 e. The summed E-state index contributed by atoms with van der Waals surface area (Å²) in [4.78, 5) is 23.1. The normalized spacial score (nSPS) is 10.2. The molecular formula is C14H12O3. The monoisotopic (exact) mass is 228 g/mol. The van der Waals surface area contributed by atoms with Gasteiger partial charge in [-0.2, -0.15) is 0 Å². The second-order valence-corrected chi connectivity index (χ2v) is 3.80. The number of aryl methyl sites for hydroxylation is 1. The number of Topliss-reactive ketones (excluding diaryl/α,β-unsaturated/α-hetero) is 1. The molecule has 0 unspecified atom stereocenters. The van der Waals surface area contributed by atoms with E-state index in [9.17, 15) is 9.59 Å². The number of rotatable bonds is 2. The molecule has 0 fully saturated rings. The van der Waals surface area contributed by atoms with Crippen LogP contribution in [0.15, 0.2) is 36.4 Å². The van der Waals surface area contributed by atoms with Gasteiger partial charge in [0.15, 0.2) is 0 Å². The van der Waals surface area contributed by atoms with E-state index in [-0.39, 0.29) is 0 Å². The molecule has 2 rings (SSSR count). The SMILES string of the molecule is COC(=O)C(=O)c1ccc(C)c2ccccc12. The third kappa shape index (κ3) is 1.91. The molecule has 3 nitrogen and oxygen atoms in total. The molecule has 2 aromatic rings. The highest BCUT2D eigenvalue weighted by Gasteiger charge is 2.19. The van der Waals surface area contributed by atoms with Crippen molar-refractivity contribution in [2.45, 2.75) is 6.92 Å². The molecule has 0 saturated carbocycles. The van der Waals surface area contributed by atoms with Crippen LogP contribution in [0.25, 0.3) is 10.8 Å². The predicted octanol–water partition coefficient (Wildman–Crippen LogP) is 2.50. The van der Waals surface area contributed by atoms with Crippen molar-refractivity contribution in [3.05, 3.63) is 47.5 Å². The Hall–Kier alpha value is -2.16. The minimum absolute atomic E-state index is 0.387. The Bertz CT molecular complexity index is 599. The first-order chi connectivity index (χ1) is 8.15. The summed E-state index contributed by atoms with van der Waals surface area (Å²) in [5.74, 6) is -1.44. The van der Waals surface area contributed by atoms with Gasteiger partial charge in [0, 0.05) is 5.56 Å². The van der Waals surface area contributed by atoms with Crippen molar-refractivity contribution in [3.63, 3.8) is 0 Å². The molecule has 0 aliphatic rings. The lowest BCUT2D eigenvalue weighted by Gasteiger charge is -2.06. The van der Waals surface area contributed by atoms with E-state index in [0.717, 1.165) is 16.3 Å². The minimum Gasteiger partial charge on any atom is -0.463 e. The first-order valence-corrected chi connectivity index (χ1v) is 5.26. The van der Waals surface area contributed by atoms with E-state index in [4.69, 9.17) is 0 Å².